The number of piperidine rings is 1. The average molecular weight is 322 g/mol. The van der Waals surface area contributed by atoms with E-state index in [2.05, 4.69) is 5.32 Å². The van der Waals surface area contributed by atoms with Gasteiger partial charge in [0.1, 0.15) is 0 Å². The van der Waals surface area contributed by atoms with Gasteiger partial charge >= 0.3 is 12.1 Å². The van der Waals surface area contributed by atoms with E-state index in [1.807, 2.05) is 0 Å². The van der Waals surface area contributed by atoms with Gasteiger partial charge in [0, 0.05) is 32.2 Å². The second-order valence-corrected chi connectivity index (χ2v) is 5.78. The van der Waals surface area contributed by atoms with E-state index in [1.54, 1.807) is 0 Å². The Kier molecular flexibility index (Phi) is 5.66. The number of hydrogen-bond donors (Lipinski definition) is 1. The lowest BCUT2D eigenvalue weighted by Gasteiger charge is -2.31. The van der Waals surface area contributed by atoms with Crippen LogP contribution in [0.4, 0.5) is 13.2 Å². The predicted molar refractivity (Wildman–Crippen MR) is 72.0 cm³/mol. The van der Waals surface area contributed by atoms with Crippen molar-refractivity contribution in [3.63, 3.8) is 0 Å². The van der Waals surface area contributed by atoms with Crippen molar-refractivity contribution >= 4 is 11.8 Å². The maximum Gasteiger partial charge on any atom is 0.471 e. The standard InChI is InChI=1S/C14H21F3N2O3/c15-14(16,17)13(21)19-7-4-10(5-8-19)12(20)18-6-3-11-2-1-9-22-11/h10-11H,1-9H2,(H,18,20). The maximum atomic E-state index is 12.3. The van der Waals surface area contributed by atoms with E-state index in [-0.39, 0.29) is 43.9 Å². The van der Waals surface area contributed by atoms with Gasteiger partial charge in [-0.3, -0.25) is 9.59 Å². The van der Waals surface area contributed by atoms with Crippen molar-refractivity contribution in [1.82, 2.24) is 10.2 Å². The zero-order valence-electron chi connectivity index (χ0n) is 12.3. The highest BCUT2D eigenvalue weighted by molar-refractivity contribution is 5.83. The summed E-state index contributed by atoms with van der Waals surface area (Å²) in [4.78, 5) is 23.8. The molecule has 0 saturated carbocycles. The molecule has 1 N–H and O–H groups in total. The molecule has 0 radical (unpaired) electrons. The summed E-state index contributed by atoms with van der Waals surface area (Å²) in [6.07, 6.45) is -1.28. The molecule has 2 heterocycles. The van der Waals surface area contributed by atoms with Gasteiger partial charge in [-0.05, 0) is 32.1 Å². The molecule has 1 unspecified atom stereocenters. The summed E-state index contributed by atoms with van der Waals surface area (Å²) in [5.41, 5.74) is 0. The van der Waals surface area contributed by atoms with Gasteiger partial charge < -0.3 is 15.0 Å². The molecule has 126 valence electrons. The molecule has 0 spiro atoms. The van der Waals surface area contributed by atoms with Crippen LogP contribution in [0.3, 0.4) is 0 Å². The first-order valence-corrected chi connectivity index (χ1v) is 7.63. The molecule has 1 atom stereocenters. The number of carbonyl (C=O) groups is 2. The van der Waals surface area contributed by atoms with Crippen molar-refractivity contribution in [2.45, 2.75) is 44.4 Å². The number of nitrogens with one attached hydrogen (secondary N) is 1. The summed E-state index contributed by atoms with van der Waals surface area (Å²) >= 11 is 0. The summed E-state index contributed by atoms with van der Waals surface area (Å²) < 4.78 is 42.4. The third-order valence-electron chi connectivity index (χ3n) is 4.18. The van der Waals surface area contributed by atoms with Gasteiger partial charge in [-0.2, -0.15) is 13.2 Å². The summed E-state index contributed by atoms with van der Waals surface area (Å²) in [6.45, 7) is 1.24. The number of nitrogens with zero attached hydrogens (tertiary/aromatic N) is 1. The van der Waals surface area contributed by atoms with Crippen LogP contribution in [0.5, 0.6) is 0 Å². The van der Waals surface area contributed by atoms with Crippen molar-refractivity contribution in [3.8, 4) is 0 Å². The minimum Gasteiger partial charge on any atom is -0.378 e. The molecule has 0 aromatic heterocycles. The van der Waals surface area contributed by atoms with Crippen LogP contribution < -0.4 is 5.32 Å². The summed E-state index contributed by atoms with van der Waals surface area (Å²) in [5.74, 6) is -2.27. The fourth-order valence-corrected chi connectivity index (χ4v) is 2.90. The minimum absolute atomic E-state index is 0.0256. The number of carbonyl (C=O) groups excluding carboxylic acids is 2. The van der Waals surface area contributed by atoms with Crippen LogP contribution in [0, 0.1) is 5.92 Å². The van der Waals surface area contributed by atoms with E-state index in [0.717, 1.165) is 30.8 Å². The van der Waals surface area contributed by atoms with Gasteiger partial charge in [0.25, 0.3) is 0 Å². The maximum absolute atomic E-state index is 12.3. The Labute approximate surface area is 127 Å². The third kappa shape index (κ3) is 4.59. The number of halogens is 3. The number of alkyl halides is 3. The van der Waals surface area contributed by atoms with Gasteiger partial charge in [0.15, 0.2) is 0 Å². The highest BCUT2D eigenvalue weighted by Gasteiger charge is 2.43. The van der Waals surface area contributed by atoms with Crippen molar-refractivity contribution in [2.24, 2.45) is 5.92 Å². The molecule has 2 rings (SSSR count). The van der Waals surface area contributed by atoms with Gasteiger partial charge in [-0.15, -0.1) is 0 Å². The summed E-state index contributed by atoms with van der Waals surface area (Å²) in [6, 6.07) is 0. The van der Waals surface area contributed by atoms with E-state index in [0.29, 0.717) is 6.54 Å². The van der Waals surface area contributed by atoms with Gasteiger partial charge in [0.05, 0.1) is 6.10 Å². The molecule has 2 saturated heterocycles. The van der Waals surface area contributed by atoms with Crippen LogP contribution in [-0.2, 0) is 14.3 Å². The Morgan fingerprint density at radius 3 is 2.41 bits per heavy atom. The molecule has 2 amide bonds. The zero-order chi connectivity index (χ0) is 16.2. The predicted octanol–water partition coefficient (Wildman–Crippen LogP) is 1.47. The molecule has 0 aromatic rings. The Morgan fingerprint density at radius 2 is 1.86 bits per heavy atom. The molecular formula is C14H21F3N2O3. The molecule has 8 heteroatoms. The molecular weight excluding hydrogens is 301 g/mol. The quantitative estimate of drug-likeness (QED) is 0.853. The van der Waals surface area contributed by atoms with Gasteiger partial charge in [-0.25, -0.2) is 0 Å². The molecule has 2 fully saturated rings. The lowest BCUT2D eigenvalue weighted by Crippen LogP contribution is -2.47. The number of amides is 2. The van der Waals surface area contributed by atoms with E-state index >= 15 is 0 Å². The molecule has 2 aliphatic rings. The van der Waals surface area contributed by atoms with Gasteiger partial charge in [0.2, 0.25) is 5.91 Å². The number of ether oxygens (including phenoxy) is 1. The largest absolute Gasteiger partial charge is 0.471 e. The first-order chi connectivity index (χ1) is 10.4. The van der Waals surface area contributed by atoms with Crippen LogP contribution in [0.15, 0.2) is 0 Å². The molecule has 0 bridgehead atoms. The third-order valence-corrected chi connectivity index (χ3v) is 4.18. The number of rotatable bonds is 4. The molecule has 0 aromatic carbocycles. The zero-order valence-corrected chi connectivity index (χ0v) is 12.3. The average Bonchev–Trinajstić information content (AvgIpc) is 2.99. The van der Waals surface area contributed by atoms with Crippen LogP contribution in [0.25, 0.3) is 0 Å². The van der Waals surface area contributed by atoms with Crippen LogP contribution >= 0.6 is 0 Å². The van der Waals surface area contributed by atoms with Crippen LogP contribution in [0.2, 0.25) is 0 Å². The SMILES string of the molecule is O=C(NCCC1CCCO1)C1CCN(C(=O)C(F)(F)F)CC1. The fraction of sp³-hybridized carbons (Fsp3) is 0.857. The minimum atomic E-state index is -4.84. The lowest BCUT2D eigenvalue weighted by molar-refractivity contribution is -0.186. The highest BCUT2D eigenvalue weighted by atomic mass is 19.4. The number of hydrogen-bond acceptors (Lipinski definition) is 3. The van der Waals surface area contributed by atoms with Gasteiger partial charge in [-0.1, -0.05) is 0 Å². The Balaban J connectivity index is 1.67. The Morgan fingerprint density at radius 1 is 1.18 bits per heavy atom. The lowest BCUT2D eigenvalue weighted by atomic mass is 9.95. The van der Waals surface area contributed by atoms with E-state index < -0.39 is 12.1 Å². The Hall–Kier alpha value is -1.31. The molecule has 5 nitrogen and oxygen atoms in total. The van der Waals surface area contributed by atoms with Crippen molar-refractivity contribution < 1.29 is 27.5 Å². The smallest absolute Gasteiger partial charge is 0.378 e. The van der Waals surface area contributed by atoms with E-state index in [4.69, 9.17) is 4.74 Å². The van der Waals surface area contributed by atoms with E-state index in [9.17, 15) is 22.8 Å². The van der Waals surface area contributed by atoms with Crippen LogP contribution in [0.1, 0.15) is 32.1 Å². The van der Waals surface area contributed by atoms with Crippen molar-refractivity contribution in [1.29, 1.82) is 0 Å². The summed E-state index contributed by atoms with van der Waals surface area (Å²) in [7, 11) is 0. The van der Waals surface area contributed by atoms with Crippen molar-refractivity contribution in [2.75, 3.05) is 26.2 Å². The van der Waals surface area contributed by atoms with Crippen molar-refractivity contribution in [3.05, 3.63) is 0 Å². The highest BCUT2D eigenvalue weighted by Crippen LogP contribution is 2.24. The first kappa shape index (κ1) is 17.1. The van der Waals surface area contributed by atoms with E-state index in [1.165, 1.54) is 0 Å². The summed E-state index contributed by atoms with van der Waals surface area (Å²) in [5, 5.41) is 2.81. The topological polar surface area (TPSA) is 58.6 Å². The fourth-order valence-electron chi connectivity index (χ4n) is 2.90. The second-order valence-electron chi connectivity index (χ2n) is 5.78. The number of likely N-dealkylation sites (tertiary alicyclic amines) is 1. The Bertz CT molecular complexity index is 401. The van der Waals surface area contributed by atoms with Crippen LogP contribution in [-0.4, -0.2) is 55.2 Å². The monoisotopic (exact) mass is 322 g/mol. The second kappa shape index (κ2) is 7.30. The molecule has 22 heavy (non-hydrogen) atoms. The first-order valence-electron chi connectivity index (χ1n) is 7.63. The molecule has 0 aliphatic carbocycles. The molecule has 2 aliphatic heterocycles. The normalized spacial score (nSPS) is 23.6.